The molecule has 1 aromatic carbocycles. The van der Waals surface area contributed by atoms with Crippen molar-refractivity contribution < 1.29 is 14.3 Å². The molecule has 0 radical (unpaired) electrons. The Morgan fingerprint density at radius 1 is 1.14 bits per heavy atom. The third-order valence-corrected chi connectivity index (χ3v) is 4.48. The molecule has 0 N–H and O–H groups in total. The average Bonchev–Trinajstić information content (AvgIpc) is 2.98. The van der Waals surface area contributed by atoms with Gasteiger partial charge in [0.1, 0.15) is 5.78 Å². The number of unbranched alkanes of at least 4 members (excludes halogenated alkanes) is 3. The van der Waals surface area contributed by atoms with E-state index < -0.39 is 0 Å². The Balaban J connectivity index is 1.70. The fourth-order valence-corrected chi connectivity index (χ4v) is 3.28. The molecule has 3 rings (SSSR count). The molecule has 3 heteroatoms. The van der Waals surface area contributed by atoms with Gasteiger partial charge in [-0.25, -0.2) is 0 Å². The van der Waals surface area contributed by atoms with Crippen LogP contribution in [0, 0.1) is 0 Å². The van der Waals surface area contributed by atoms with Crippen molar-refractivity contribution in [3.05, 3.63) is 35.4 Å². The molecule has 1 heterocycles. The second-order valence-corrected chi connectivity index (χ2v) is 6.27. The zero-order valence-electron chi connectivity index (χ0n) is 13.3. The molecule has 1 aliphatic heterocycles. The maximum atomic E-state index is 12.1. The van der Waals surface area contributed by atoms with Crippen LogP contribution in [-0.4, -0.2) is 12.6 Å². The van der Waals surface area contributed by atoms with Gasteiger partial charge >= 0.3 is 0 Å². The predicted octanol–water partition coefficient (Wildman–Crippen LogP) is 4.76. The molecule has 0 saturated heterocycles. The van der Waals surface area contributed by atoms with Crippen LogP contribution in [0.1, 0.15) is 63.4 Å². The number of benzene rings is 1. The fourth-order valence-electron chi connectivity index (χ4n) is 3.28. The van der Waals surface area contributed by atoms with E-state index in [0.717, 1.165) is 23.5 Å². The van der Waals surface area contributed by atoms with Crippen LogP contribution >= 0.6 is 0 Å². The van der Waals surface area contributed by atoms with Crippen molar-refractivity contribution >= 4 is 5.78 Å². The lowest BCUT2D eigenvalue weighted by atomic mass is 9.83. The Labute approximate surface area is 132 Å². The molecule has 1 unspecified atom stereocenters. The zero-order valence-corrected chi connectivity index (χ0v) is 13.3. The third kappa shape index (κ3) is 3.52. The molecule has 3 nitrogen and oxygen atoms in total. The summed E-state index contributed by atoms with van der Waals surface area (Å²) in [6.45, 7) is 2.51. The van der Waals surface area contributed by atoms with Crippen molar-refractivity contribution in [2.75, 3.05) is 6.79 Å². The quantitative estimate of drug-likeness (QED) is 0.561. The van der Waals surface area contributed by atoms with Gasteiger partial charge in [0.2, 0.25) is 6.79 Å². The van der Waals surface area contributed by atoms with Crippen LogP contribution in [0.3, 0.4) is 0 Å². The van der Waals surface area contributed by atoms with Gasteiger partial charge in [-0.2, -0.15) is 0 Å². The lowest BCUT2D eigenvalue weighted by molar-refractivity contribution is -0.119. The Bertz CT molecular complexity index is 574. The number of ether oxygens (including phenoxy) is 2. The van der Waals surface area contributed by atoms with Crippen molar-refractivity contribution in [3.63, 3.8) is 0 Å². The molecule has 0 spiro atoms. The van der Waals surface area contributed by atoms with E-state index >= 15 is 0 Å². The van der Waals surface area contributed by atoms with E-state index in [1.807, 2.05) is 12.1 Å². The maximum Gasteiger partial charge on any atom is 0.231 e. The van der Waals surface area contributed by atoms with E-state index in [0.29, 0.717) is 25.4 Å². The van der Waals surface area contributed by atoms with E-state index in [4.69, 9.17) is 9.47 Å². The number of ketones is 1. The standard InChI is InChI=1S/C19H24O3/c1-2-3-4-5-6-14-9-16(11-17(20)10-14)15-7-8-18-19(12-15)22-13-21-18/h7-9,12,16H,2-6,10-11,13H2,1H3. The minimum atomic E-state index is 0.192. The van der Waals surface area contributed by atoms with Gasteiger partial charge in [0.05, 0.1) is 0 Å². The molecule has 22 heavy (non-hydrogen) atoms. The monoisotopic (exact) mass is 300 g/mol. The summed E-state index contributed by atoms with van der Waals surface area (Å²) in [4.78, 5) is 12.1. The van der Waals surface area contributed by atoms with Gasteiger partial charge in [-0.05, 0) is 30.5 Å². The highest BCUT2D eigenvalue weighted by molar-refractivity contribution is 5.83. The van der Waals surface area contributed by atoms with Crippen molar-refractivity contribution in [2.45, 2.75) is 57.8 Å². The van der Waals surface area contributed by atoms with Crippen LogP contribution in [0.2, 0.25) is 0 Å². The summed E-state index contributed by atoms with van der Waals surface area (Å²) in [7, 11) is 0. The van der Waals surface area contributed by atoms with E-state index in [1.165, 1.54) is 31.3 Å². The molecule has 1 aliphatic carbocycles. The number of hydrogen-bond acceptors (Lipinski definition) is 3. The average molecular weight is 300 g/mol. The summed E-state index contributed by atoms with van der Waals surface area (Å²) in [5.74, 6) is 2.15. The molecule has 1 aromatic rings. The summed E-state index contributed by atoms with van der Waals surface area (Å²) in [6, 6.07) is 6.03. The van der Waals surface area contributed by atoms with Gasteiger partial charge in [-0.1, -0.05) is 43.9 Å². The van der Waals surface area contributed by atoms with Crippen LogP contribution in [-0.2, 0) is 4.79 Å². The van der Waals surface area contributed by atoms with Crippen molar-refractivity contribution in [3.8, 4) is 11.5 Å². The maximum absolute atomic E-state index is 12.1. The van der Waals surface area contributed by atoms with E-state index in [-0.39, 0.29) is 5.92 Å². The first-order chi connectivity index (χ1) is 10.8. The first kappa shape index (κ1) is 15.1. The minimum Gasteiger partial charge on any atom is -0.454 e. The second-order valence-electron chi connectivity index (χ2n) is 6.27. The topological polar surface area (TPSA) is 35.5 Å². The van der Waals surface area contributed by atoms with E-state index in [2.05, 4.69) is 19.1 Å². The molecular formula is C19H24O3. The Kier molecular flexibility index (Phi) is 4.81. The minimum absolute atomic E-state index is 0.192. The van der Waals surface area contributed by atoms with Gasteiger partial charge in [0.15, 0.2) is 11.5 Å². The summed E-state index contributed by atoms with van der Waals surface area (Å²) in [6.07, 6.45) is 9.62. The lowest BCUT2D eigenvalue weighted by Crippen LogP contribution is -2.13. The van der Waals surface area contributed by atoms with Crippen LogP contribution in [0.15, 0.2) is 29.8 Å². The van der Waals surface area contributed by atoms with Gasteiger partial charge in [0, 0.05) is 18.8 Å². The molecule has 2 aliphatic rings. The van der Waals surface area contributed by atoms with Gasteiger partial charge < -0.3 is 9.47 Å². The van der Waals surface area contributed by atoms with Gasteiger partial charge in [-0.15, -0.1) is 0 Å². The SMILES string of the molecule is CCCCCCC1=CC(c2ccc3c(c2)OCO3)CC(=O)C1. The molecular weight excluding hydrogens is 276 g/mol. The largest absolute Gasteiger partial charge is 0.454 e. The van der Waals surface area contributed by atoms with Crippen LogP contribution in [0.4, 0.5) is 0 Å². The Morgan fingerprint density at radius 3 is 2.86 bits per heavy atom. The number of rotatable bonds is 6. The highest BCUT2D eigenvalue weighted by Gasteiger charge is 2.23. The van der Waals surface area contributed by atoms with Crippen LogP contribution in [0.25, 0.3) is 0 Å². The summed E-state index contributed by atoms with van der Waals surface area (Å²) in [5, 5.41) is 0. The number of allylic oxidation sites excluding steroid dienone is 2. The second kappa shape index (κ2) is 6.99. The van der Waals surface area contributed by atoms with Crippen molar-refractivity contribution in [1.82, 2.24) is 0 Å². The molecule has 0 bridgehead atoms. The summed E-state index contributed by atoms with van der Waals surface area (Å²) < 4.78 is 10.8. The van der Waals surface area contributed by atoms with Crippen LogP contribution in [0.5, 0.6) is 11.5 Å². The number of fused-ring (bicyclic) bond motifs is 1. The molecule has 0 aromatic heterocycles. The summed E-state index contributed by atoms with van der Waals surface area (Å²) in [5.41, 5.74) is 2.47. The molecule has 1 atom stereocenters. The number of hydrogen-bond donors (Lipinski definition) is 0. The normalized spacial score (nSPS) is 20.1. The smallest absolute Gasteiger partial charge is 0.231 e. The first-order valence-electron chi connectivity index (χ1n) is 8.37. The van der Waals surface area contributed by atoms with Gasteiger partial charge in [-0.3, -0.25) is 4.79 Å². The Hall–Kier alpha value is -1.77. The highest BCUT2D eigenvalue weighted by atomic mass is 16.7. The molecule has 118 valence electrons. The lowest BCUT2D eigenvalue weighted by Gasteiger charge is -2.21. The van der Waals surface area contributed by atoms with Crippen molar-refractivity contribution in [1.29, 1.82) is 0 Å². The van der Waals surface area contributed by atoms with E-state index in [9.17, 15) is 4.79 Å². The highest BCUT2D eigenvalue weighted by Crippen LogP contribution is 2.38. The molecule has 0 saturated carbocycles. The van der Waals surface area contributed by atoms with Crippen LogP contribution < -0.4 is 9.47 Å². The molecule has 0 amide bonds. The predicted molar refractivity (Wildman–Crippen MR) is 86.4 cm³/mol. The number of carbonyl (C=O) groups is 1. The van der Waals surface area contributed by atoms with E-state index in [1.54, 1.807) is 0 Å². The third-order valence-electron chi connectivity index (χ3n) is 4.48. The summed E-state index contributed by atoms with van der Waals surface area (Å²) >= 11 is 0. The first-order valence-corrected chi connectivity index (χ1v) is 8.37. The van der Waals surface area contributed by atoms with Crippen molar-refractivity contribution in [2.24, 2.45) is 0 Å². The number of carbonyl (C=O) groups excluding carboxylic acids is 1. The van der Waals surface area contributed by atoms with Gasteiger partial charge in [0.25, 0.3) is 0 Å². The zero-order chi connectivity index (χ0) is 15.4. The fraction of sp³-hybridized carbons (Fsp3) is 0.526. The number of Topliss-reactive ketones (excluding diaryl/α,β-unsaturated/α-hetero) is 1. The molecule has 0 fully saturated rings. The Morgan fingerprint density at radius 2 is 2.00 bits per heavy atom.